The van der Waals surface area contributed by atoms with Gasteiger partial charge in [0.2, 0.25) is 0 Å². The first kappa shape index (κ1) is 10.7. The molecule has 1 aromatic carbocycles. The monoisotopic (exact) mass is 203 g/mol. The van der Waals surface area contributed by atoms with Crippen LogP contribution in [0, 0.1) is 13.8 Å². The molecule has 1 heteroatoms. The van der Waals surface area contributed by atoms with Crippen molar-refractivity contribution in [3.8, 4) is 0 Å². The van der Waals surface area contributed by atoms with Gasteiger partial charge in [0.15, 0.2) is 0 Å². The van der Waals surface area contributed by atoms with Gasteiger partial charge in [-0.2, -0.15) is 0 Å². The van der Waals surface area contributed by atoms with E-state index in [1.807, 2.05) is 0 Å². The Hall–Kier alpha value is -0.820. The fourth-order valence-electron chi connectivity index (χ4n) is 3.16. The largest absolute Gasteiger partial charge is 0.330 e. The average molecular weight is 203 g/mol. The molecule has 2 rings (SSSR count). The molecule has 0 aromatic heterocycles. The van der Waals surface area contributed by atoms with Crippen molar-refractivity contribution < 1.29 is 0 Å². The SMILES string of the molecule is Cc1cccc(C)c1C1(CCN)CCC1. The first-order valence-electron chi connectivity index (χ1n) is 5.96. The quantitative estimate of drug-likeness (QED) is 0.802. The van der Waals surface area contributed by atoms with Crippen LogP contribution in [-0.4, -0.2) is 6.54 Å². The van der Waals surface area contributed by atoms with Crippen molar-refractivity contribution in [2.24, 2.45) is 5.73 Å². The van der Waals surface area contributed by atoms with Crippen LogP contribution in [-0.2, 0) is 5.41 Å². The van der Waals surface area contributed by atoms with Gasteiger partial charge in [0.05, 0.1) is 0 Å². The number of aryl methyl sites for hydroxylation is 2. The number of benzene rings is 1. The molecule has 1 nitrogen and oxygen atoms in total. The molecule has 0 spiro atoms. The molecule has 82 valence electrons. The topological polar surface area (TPSA) is 26.0 Å². The Morgan fingerprint density at radius 3 is 2.20 bits per heavy atom. The van der Waals surface area contributed by atoms with Crippen LogP contribution in [0.2, 0.25) is 0 Å². The van der Waals surface area contributed by atoms with Crippen LogP contribution in [0.15, 0.2) is 18.2 Å². The Balaban J connectivity index is 2.42. The van der Waals surface area contributed by atoms with Gasteiger partial charge >= 0.3 is 0 Å². The Morgan fingerprint density at radius 1 is 1.20 bits per heavy atom. The summed E-state index contributed by atoms with van der Waals surface area (Å²) < 4.78 is 0. The second-order valence-corrected chi connectivity index (χ2v) is 4.94. The molecule has 0 atom stereocenters. The lowest BCUT2D eigenvalue weighted by molar-refractivity contribution is 0.227. The van der Waals surface area contributed by atoms with Gasteiger partial charge in [-0.1, -0.05) is 24.6 Å². The molecule has 0 aliphatic heterocycles. The summed E-state index contributed by atoms with van der Waals surface area (Å²) in [5.74, 6) is 0. The number of hydrogen-bond donors (Lipinski definition) is 1. The predicted octanol–water partition coefficient (Wildman–Crippen LogP) is 3.07. The van der Waals surface area contributed by atoms with Gasteiger partial charge in [-0.3, -0.25) is 0 Å². The third-order valence-corrected chi connectivity index (χ3v) is 3.95. The predicted molar refractivity (Wildman–Crippen MR) is 65.1 cm³/mol. The van der Waals surface area contributed by atoms with Crippen LogP contribution in [0.1, 0.15) is 42.4 Å². The molecule has 1 aromatic rings. The third-order valence-electron chi connectivity index (χ3n) is 3.95. The van der Waals surface area contributed by atoms with E-state index in [1.54, 1.807) is 5.56 Å². The van der Waals surface area contributed by atoms with Gasteiger partial charge in [-0.05, 0) is 61.8 Å². The minimum atomic E-state index is 0.421. The molecular formula is C14H21N. The van der Waals surface area contributed by atoms with Crippen molar-refractivity contribution in [3.05, 3.63) is 34.9 Å². The zero-order chi connectivity index (χ0) is 10.9. The highest BCUT2D eigenvalue weighted by Gasteiger charge is 2.39. The highest BCUT2D eigenvalue weighted by atomic mass is 14.6. The van der Waals surface area contributed by atoms with E-state index in [9.17, 15) is 0 Å². The molecule has 1 saturated carbocycles. The second-order valence-electron chi connectivity index (χ2n) is 4.94. The third kappa shape index (κ3) is 1.69. The highest BCUT2D eigenvalue weighted by molar-refractivity contribution is 5.41. The summed E-state index contributed by atoms with van der Waals surface area (Å²) in [5.41, 5.74) is 10.7. The van der Waals surface area contributed by atoms with Crippen molar-refractivity contribution in [3.63, 3.8) is 0 Å². The van der Waals surface area contributed by atoms with E-state index >= 15 is 0 Å². The minimum absolute atomic E-state index is 0.421. The van der Waals surface area contributed by atoms with Crippen LogP contribution >= 0.6 is 0 Å². The number of nitrogens with two attached hydrogens (primary N) is 1. The van der Waals surface area contributed by atoms with Crippen LogP contribution in [0.3, 0.4) is 0 Å². The summed E-state index contributed by atoms with van der Waals surface area (Å²) in [4.78, 5) is 0. The van der Waals surface area contributed by atoms with E-state index in [2.05, 4.69) is 32.0 Å². The molecule has 0 unspecified atom stereocenters. The van der Waals surface area contributed by atoms with Gasteiger partial charge in [0, 0.05) is 0 Å². The molecule has 0 amide bonds. The summed E-state index contributed by atoms with van der Waals surface area (Å²) in [6.07, 6.45) is 5.18. The average Bonchev–Trinajstić information content (AvgIpc) is 2.13. The van der Waals surface area contributed by atoms with Crippen molar-refractivity contribution in [2.75, 3.05) is 6.54 Å². The highest BCUT2D eigenvalue weighted by Crippen LogP contribution is 2.48. The van der Waals surface area contributed by atoms with Crippen molar-refractivity contribution in [1.82, 2.24) is 0 Å². The molecular weight excluding hydrogens is 182 g/mol. The van der Waals surface area contributed by atoms with Crippen LogP contribution in [0.25, 0.3) is 0 Å². The Labute approximate surface area is 92.7 Å². The molecule has 0 bridgehead atoms. The zero-order valence-electron chi connectivity index (χ0n) is 9.84. The number of rotatable bonds is 3. The number of hydrogen-bond acceptors (Lipinski definition) is 1. The first-order valence-corrected chi connectivity index (χ1v) is 5.96. The molecule has 0 radical (unpaired) electrons. The minimum Gasteiger partial charge on any atom is -0.330 e. The normalized spacial score (nSPS) is 18.6. The lowest BCUT2D eigenvalue weighted by Crippen LogP contribution is -2.37. The Morgan fingerprint density at radius 2 is 1.80 bits per heavy atom. The molecule has 2 N–H and O–H groups in total. The lowest BCUT2D eigenvalue weighted by Gasteiger charge is -2.44. The summed E-state index contributed by atoms with van der Waals surface area (Å²) >= 11 is 0. The van der Waals surface area contributed by atoms with Crippen molar-refractivity contribution in [1.29, 1.82) is 0 Å². The molecule has 0 heterocycles. The molecule has 1 aliphatic rings. The zero-order valence-corrected chi connectivity index (χ0v) is 9.84. The van der Waals surface area contributed by atoms with Gasteiger partial charge in [-0.15, -0.1) is 0 Å². The Kier molecular flexibility index (Phi) is 2.83. The first-order chi connectivity index (χ1) is 7.19. The van der Waals surface area contributed by atoms with E-state index < -0.39 is 0 Å². The second kappa shape index (κ2) is 3.97. The van der Waals surface area contributed by atoms with Crippen LogP contribution in [0.4, 0.5) is 0 Å². The van der Waals surface area contributed by atoms with Gasteiger partial charge in [0.25, 0.3) is 0 Å². The smallest absolute Gasteiger partial charge is 0.00297 e. The van der Waals surface area contributed by atoms with E-state index in [0.717, 1.165) is 13.0 Å². The fraction of sp³-hybridized carbons (Fsp3) is 0.571. The van der Waals surface area contributed by atoms with Crippen molar-refractivity contribution >= 4 is 0 Å². The van der Waals surface area contributed by atoms with Crippen molar-refractivity contribution in [2.45, 2.75) is 44.9 Å². The molecule has 1 fully saturated rings. The lowest BCUT2D eigenvalue weighted by atomic mass is 9.60. The maximum Gasteiger partial charge on any atom is -0.00297 e. The van der Waals surface area contributed by atoms with E-state index in [0.29, 0.717) is 5.41 Å². The summed E-state index contributed by atoms with van der Waals surface area (Å²) in [6, 6.07) is 6.63. The summed E-state index contributed by atoms with van der Waals surface area (Å²) in [6.45, 7) is 5.28. The van der Waals surface area contributed by atoms with Crippen LogP contribution < -0.4 is 5.73 Å². The molecule has 1 aliphatic carbocycles. The maximum atomic E-state index is 5.76. The molecule has 0 saturated heterocycles. The molecule has 15 heavy (non-hydrogen) atoms. The summed E-state index contributed by atoms with van der Waals surface area (Å²) in [7, 11) is 0. The fourth-order valence-corrected chi connectivity index (χ4v) is 3.16. The van der Waals surface area contributed by atoms with E-state index in [4.69, 9.17) is 5.73 Å². The standard InChI is InChI=1S/C14H21N/c1-11-5-3-6-12(2)13(11)14(9-10-15)7-4-8-14/h3,5-6H,4,7-10,15H2,1-2H3. The maximum absolute atomic E-state index is 5.76. The van der Waals surface area contributed by atoms with Crippen LogP contribution in [0.5, 0.6) is 0 Å². The van der Waals surface area contributed by atoms with Gasteiger partial charge in [0.1, 0.15) is 0 Å². The summed E-state index contributed by atoms with van der Waals surface area (Å²) in [5, 5.41) is 0. The van der Waals surface area contributed by atoms with Gasteiger partial charge in [-0.25, -0.2) is 0 Å². The Bertz CT molecular complexity index is 330. The van der Waals surface area contributed by atoms with E-state index in [-0.39, 0.29) is 0 Å². The van der Waals surface area contributed by atoms with Gasteiger partial charge < -0.3 is 5.73 Å². The van der Waals surface area contributed by atoms with E-state index in [1.165, 1.54) is 30.4 Å².